The van der Waals surface area contributed by atoms with E-state index in [0.717, 1.165) is 37.3 Å². The summed E-state index contributed by atoms with van der Waals surface area (Å²) in [7, 11) is 3.27. The fourth-order valence-electron chi connectivity index (χ4n) is 3.48. The van der Waals surface area contributed by atoms with Gasteiger partial charge in [0.15, 0.2) is 16.3 Å². The molecule has 2 aromatic heterocycles. The molecule has 1 aromatic carbocycles. The zero-order valence-corrected chi connectivity index (χ0v) is 16.8. The standard InChI is InChI=1S/C21H22N4O2S/c1-26-19-6-4-15(9-20(19)27-2)17-5-3-14(10-22-17)12-25-8-7-18-16(13-25)11-23-21(28)24-18/h3-6,9-11H,7-8,12-13H2,1-2H3,(H,23,24,28). The molecule has 0 spiro atoms. The summed E-state index contributed by atoms with van der Waals surface area (Å²) in [4.78, 5) is 14.5. The minimum atomic E-state index is 0.558. The zero-order valence-electron chi connectivity index (χ0n) is 15.9. The number of nitrogens with zero attached hydrogens (tertiary/aromatic N) is 3. The number of aromatic nitrogens is 3. The maximum absolute atomic E-state index is 5.39. The minimum absolute atomic E-state index is 0.558. The lowest BCUT2D eigenvalue weighted by Gasteiger charge is -2.28. The van der Waals surface area contributed by atoms with Crippen molar-refractivity contribution >= 4 is 12.2 Å². The molecule has 0 unspecified atom stereocenters. The van der Waals surface area contributed by atoms with E-state index in [-0.39, 0.29) is 0 Å². The van der Waals surface area contributed by atoms with Gasteiger partial charge in [-0.1, -0.05) is 6.07 Å². The van der Waals surface area contributed by atoms with Gasteiger partial charge in [-0.05, 0) is 42.0 Å². The van der Waals surface area contributed by atoms with E-state index in [1.807, 2.05) is 36.7 Å². The number of aromatic amines is 1. The molecule has 0 atom stereocenters. The Morgan fingerprint density at radius 1 is 1.07 bits per heavy atom. The predicted molar refractivity (Wildman–Crippen MR) is 110 cm³/mol. The van der Waals surface area contributed by atoms with Crippen LogP contribution in [0.4, 0.5) is 0 Å². The van der Waals surface area contributed by atoms with Crippen molar-refractivity contribution in [3.8, 4) is 22.8 Å². The molecule has 7 heteroatoms. The lowest BCUT2D eigenvalue weighted by atomic mass is 10.1. The van der Waals surface area contributed by atoms with E-state index in [1.165, 1.54) is 16.8 Å². The Morgan fingerprint density at radius 2 is 1.93 bits per heavy atom. The first-order chi connectivity index (χ1) is 13.7. The summed E-state index contributed by atoms with van der Waals surface area (Å²) in [6, 6.07) is 10.0. The van der Waals surface area contributed by atoms with Crippen LogP contribution in [0.2, 0.25) is 0 Å². The molecule has 0 saturated carbocycles. The van der Waals surface area contributed by atoms with Gasteiger partial charge in [-0.3, -0.25) is 9.88 Å². The third kappa shape index (κ3) is 3.90. The van der Waals surface area contributed by atoms with Gasteiger partial charge in [0.25, 0.3) is 0 Å². The number of ether oxygens (including phenoxy) is 2. The predicted octanol–water partition coefficient (Wildman–Crippen LogP) is 3.78. The van der Waals surface area contributed by atoms with Crippen LogP contribution in [0.15, 0.2) is 42.7 Å². The van der Waals surface area contributed by atoms with Crippen molar-refractivity contribution < 1.29 is 9.47 Å². The molecular formula is C21H22N4O2S. The maximum atomic E-state index is 5.39. The van der Waals surface area contributed by atoms with Gasteiger partial charge in [-0.15, -0.1) is 0 Å². The molecule has 3 aromatic rings. The van der Waals surface area contributed by atoms with Gasteiger partial charge in [0.2, 0.25) is 0 Å². The number of nitrogens with one attached hydrogen (secondary N) is 1. The SMILES string of the molecule is COc1ccc(-c2ccc(CN3CCc4[nH]c(=S)ncc4C3)cn2)cc1OC. The number of fused-ring (bicyclic) bond motifs is 1. The molecule has 28 heavy (non-hydrogen) atoms. The van der Waals surface area contributed by atoms with Crippen LogP contribution in [0.25, 0.3) is 11.3 Å². The van der Waals surface area contributed by atoms with Crippen LogP contribution in [0.5, 0.6) is 11.5 Å². The van der Waals surface area contributed by atoms with Gasteiger partial charge in [-0.2, -0.15) is 0 Å². The van der Waals surface area contributed by atoms with E-state index in [9.17, 15) is 0 Å². The van der Waals surface area contributed by atoms with E-state index < -0.39 is 0 Å². The monoisotopic (exact) mass is 394 g/mol. The topological polar surface area (TPSA) is 63.3 Å². The Bertz CT molecular complexity index is 1030. The van der Waals surface area contributed by atoms with Crippen molar-refractivity contribution in [1.29, 1.82) is 0 Å². The summed E-state index contributed by atoms with van der Waals surface area (Å²) in [6.45, 7) is 2.71. The summed E-state index contributed by atoms with van der Waals surface area (Å²) in [6.07, 6.45) is 4.79. The lowest BCUT2D eigenvalue weighted by Crippen LogP contribution is -2.30. The summed E-state index contributed by atoms with van der Waals surface area (Å²) >= 11 is 5.11. The number of methoxy groups -OCH3 is 2. The van der Waals surface area contributed by atoms with Gasteiger partial charge in [0.1, 0.15) is 0 Å². The normalized spacial score (nSPS) is 13.8. The van der Waals surface area contributed by atoms with Crippen molar-refractivity contribution in [2.45, 2.75) is 19.5 Å². The molecule has 0 saturated heterocycles. The zero-order chi connectivity index (χ0) is 19.5. The molecule has 0 bridgehead atoms. The van der Waals surface area contributed by atoms with E-state index in [1.54, 1.807) is 14.2 Å². The van der Waals surface area contributed by atoms with E-state index in [0.29, 0.717) is 16.3 Å². The average Bonchev–Trinajstić information content (AvgIpc) is 2.74. The lowest BCUT2D eigenvalue weighted by molar-refractivity contribution is 0.242. The highest BCUT2D eigenvalue weighted by molar-refractivity contribution is 7.71. The van der Waals surface area contributed by atoms with Crippen LogP contribution in [0, 0.1) is 4.77 Å². The number of pyridine rings is 1. The van der Waals surface area contributed by atoms with E-state index in [4.69, 9.17) is 21.7 Å². The second-order valence-corrected chi connectivity index (χ2v) is 7.16. The smallest absolute Gasteiger partial charge is 0.196 e. The van der Waals surface area contributed by atoms with Crippen LogP contribution in [-0.2, 0) is 19.5 Å². The molecule has 0 fully saturated rings. The van der Waals surface area contributed by atoms with Gasteiger partial charge in [-0.25, -0.2) is 4.98 Å². The van der Waals surface area contributed by atoms with Gasteiger partial charge >= 0.3 is 0 Å². The highest BCUT2D eigenvalue weighted by atomic mass is 32.1. The van der Waals surface area contributed by atoms with Crippen LogP contribution in [-0.4, -0.2) is 40.6 Å². The van der Waals surface area contributed by atoms with Gasteiger partial charge < -0.3 is 14.5 Å². The Hall–Kier alpha value is -2.77. The molecule has 0 amide bonds. The molecule has 0 radical (unpaired) electrons. The number of hydrogen-bond acceptors (Lipinski definition) is 6. The van der Waals surface area contributed by atoms with Crippen LogP contribution in [0.1, 0.15) is 16.8 Å². The summed E-state index contributed by atoms with van der Waals surface area (Å²) in [5.74, 6) is 1.41. The van der Waals surface area contributed by atoms with Crippen LogP contribution in [0.3, 0.4) is 0 Å². The first-order valence-electron chi connectivity index (χ1n) is 9.13. The Morgan fingerprint density at radius 3 is 2.68 bits per heavy atom. The van der Waals surface area contributed by atoms with Crippen LogP contribution >= 0.6 is 12.2 Å². The molecule has 6 nitrogen and oxygen atoms in total. The second kappa shape index (κ2) is 8.08. The maximum Gasteiger partial charge on any atom is 0.196 e. The average molecular weight is 395 g/mol. The van der Waals surface area contributed by atoms with Gasteiger partial charge in [0.05, 0.1) is 19.9 Å². The Labute approximate surface area is 169 Å². The molecule has 1 N–H and O–H groups in total. The fourth-order valence-corrected chi connectivity index (χ4v) is 3.66. The Balaban J connectivity index is 1.47. The van der Waals surface area contributed by atoms with E-state index >= 15 is 0 Å². The molecule has 1 aliphatic rings. The molecule has 1 aliphatic heterocycles. The summed E-state index contributed by atoms with van der Waals surface area (Å²) in [5.41, 5.74) is 5.51. The minimum Gasteiger partial charge on any atom is -0.493 e. The van der Waals surface area contributed by atoms with Crippen molar-refractivity contribution in [1.82, 2.24) is 19.9 Å². The molecule has 144 valence electrons. The van der Waals surface area contributed by atoms with Crippen LogP contribution < -0.4 is 9.47 Å². The van der Waals surface area contributed by atoms with Crippen molar-refractivity contribution in [2.75, 3.05) is 20.8 Å². The number of benzene rings is 1. The fraction of sp³-hybridized carbons (Fsp3) is 0.286. The first kappa shape index (κ1) is 18.6. The van der Waals surface area contributed by atoms with Crippen molar-refractivity contribution in [3.63, 3.8) is 0 Å². The number of hydrogen-bond donors (Lipinski definition) is 1. The molecular weight excluding hydrogens is 372 g/mol. The molecule has 3 heterocycles. The quantitative estimate of drug-likeness (QED) is 0.665. The van der Waals surface area contributed by atoms with Gasteiger partial charge in [0, 0.05) is 55.3 Å². The molecule has 0 aliphatic carbocycles. The van der Waals surface area contributed by atoms with Crippen molar-refractivity contribution in [3.05, 3.63) is 64.3 Å². The highest BCUT2D eigenvalue weighted by Gasteiger charge is 2.17. The van der Waals surface area contributed by atoms with E-state index in [2.05, 4.69) is 25.9 Å². The third-order valence-corrected chi connectivity index (χ3v) is 5.17. The Kier molecular flexibility index (Phi) is 5.36. The second-order valence-electron chi connectivity index (χ2n) is 6.77. The molecule has 4 rings (SSSR count). The number of rotatable bonds is 5. The largest absolute Gasteiger partial charge is 0.493 e. The number of H-pyrrole nitrogens is 1. The summed E-state index contributed by atoms with van der Waals surface area (Å²) in [5, 5.41) is 0. The third-order valence-electron chi connectivity index (χ3n) is 4.97. The summed E-state index contributed by atoms with van der Waals surface area (Å²) < 4.78 is 11.2. The van der Waals surface area contributed by atoms with Crippen molar-refractivity contribution in [2.24, 2.45) is 0 Å². The highest BCUT2D eigenvalue weighted by Crippen LogP contribution is 2.31. The first-order valence-corrected chi connectivity index (χ1v) is 9.54.